The Morgan fingerprint density at radius 1 is 0.429 bits per heavy atom. The Morgan fingerprint density at radius 3 is 0.762 bits per heavy atom. The summed E-state index contributed by atoms with van der Waals surface area (Å²) in [5.41, 5.74) is 0. The second-order valence-corrected chi connectivity index (χ2v) is 23.8. The van der Waals surface area contributed by atoms with Crippen molar-refractivity contribution in [2.45, 2.75) is 94.2 Å². The van der Waals surface area contributed by atoms with Gasteiger partial charge in [-0.2, -0.15) is 0 Å². The van der Waals surface area contributed by atoms with Gasteiger partial charge < -0.3 is 12.3 Å². The molecule has 0 aliphatic rings. The Hall–Kier alpha value is 0.748. The lowest BCUT2D eigenvalue weighted by atomic mass is 11.0. The zero-order chi connectivity index (χ0) is 16.1. The van der Waals surface area contributed by atoms with Crippen LogP contribution in [0.1, 0.15) is 28.7 Å². The van der Waals surface area contributed by atoms with Crippen molar-refractivity contribution in [2.75, 3.05) is 0 Å². The van der Waals surface area contributed by atoms with Gasteiger partial charge in [-0.1, -0.05) is 28.7 Å². The van der Waals surface area contributed by atoms with Crippen LogP contribution in [0, 0.1) is 0 Å². The zero-order valence-electron chi connectivity index (χ0n) is 15.2. The van der Waals surface area contributed by atoms with Gasteiger partial charge in [-0.05, 0) is 65.5 Å². The van der Waals surface area contributed by atoms with Crippen molar-refractivity contribution in [1.29, 1.82) is 0 Å². The highest BCUT2D eigenvalue weighted by molar-refractivity contribution is 6.89. The predicted octanol–water partition coefficient (Wildman–Crippen LogP) is 6.41. The highest BCUT2D eigenvalue weighted by atomic mass is 28.5. The minimum atomic E-state index is -2.05. The van der Waals surface area contributed by atoms with Crippen molar-refractivity contribution in [3.8, 4) is 0 Å². The summed E-state index contributed by atoms with van der Waals surface area (Å²) in [7, 11) is -7.18. The van der Waals surface area contributed by atoms with Gasteiger partial charge in [0, 0.05) is 0 Å². The van der Waals surface area contributed by atoms with Crippen LogP contribution in [0.5, 0.6) is 0 Å². The second kappa shape index (κ2) is 10.5. The smallest absolute Gasteiger partial charge is 0.312 e. The van der Waals surface area contributed by atoms with Gasteiger partial charge in [-0.15, -0.1) is 0 Å². The Bertz CT molecular complexity index is 230. The molecule has 7 heteroatoms. The van der Waals surface area contributed by atoms with E-state index in [2.05, 4.69) is 65.5 Å². The van der Waals surface area contributed by atoms with Gasteiger partial charge in [-0.25, -0.2) is 0 Å². The van der Waals surface area contributed by atoms with Crippen LogP contribution in [-0.2, 0) is 12.3 Å². The lowest BCUT2D eigenvalue weighted by Gasteiger charge is -2.39. The molecule has 0 unspecified atom stereocenters. The van der Waals surface area contributed by atoms with Gasteiger partial charge >= 0.3 is 17.1 Å². The molecule has 3 nitrogen and oxygen atoms in total. The first-order valence-corrected chi connectivity index (χ1v) is 19.7. The summed E-state index contributed by atoms with van der Waals surface area (Å²) < 4.78 is 18.7. The fourth-order valence-corrected chi connectivity index (χ4v) is 19.7. The molecule has 134 valence electrons. The van der Waals surface area contributed by atoms with Crippen LogP contribution in [0.15, 0.2) is 0 Å². The molecule has 0 atom stereocenters. The molecule has 0 aromatic carbocycles. The normalized spacial score (nSPS) is 12.6. The first kappa shape index (κ1) is 29.7. The third-order valence-electron chi connectivity index (χ3n) is 1.60. The van der Waals surface area contributed by atoms with Crippen molar-refractivity contribution in [1.82, 2.24) is 0 Å². The highest BCUT2D eigenvalue weighted by Gasteiger charge is 2.41. The summed E-state index contributed by atoms with van der Waals surface area (Å²) in [6.45, 7) is 25.8. The van der Waals surface area contributed by atoms with Crippen LogP contribution in [0.3, 0.4) is 0 Å². The SMILES string of the molecule is C.C.CC.C[Si](C)(C)O[Si](C)(C)O[Si](C)(C)O[Si](C)(C)C. The van der Waals surface area contributed by atoms with Crippen molar-refractivity contribution in [2.24, 2.45) is 0 Å². The molecule has 0 fully saturated rings. The Morgan fingerprint density at radius 2 is 0.619 bits per heavy atom. The summed E-state index contributed by atoms with van der Waals surface area (Å²) >= 11 is 0. The van der Waals surface area contributed by atoms with E-state index in [1.54, 1.807) is 0 Å². The maximum Gasteiger partial charge on any atom is 0.312 e. The van der Waals surface area contributed by atoms with Gasteiger partial charge in [-0.3, -0.25) is 0 Å². The average molecular weight is 373 g/mol. The molecule has 0 amide bonds. The summed E-state index contributed by atoms with van der Waals surface area (Å²) in [4.78, 5) is 0. The summed E-state index contributed by atoms with van der Waals surface area (Å²) in [5.74, 6) is 0. The third kappa shape index (κ3) is 20.7. The largest absolute Gasteiger partial charge is 0.437 e. The molecule has 0 aliphatic carbocycles. The zero-order valence-corrected chi connectivity index (χ0v) is 19.2. The van der Waals surface area contributed by atoms with Crippen LogP contribution < -0.4 is 0 Å². The topological polar surface area (TPSA) is 27.7 Å². The minimum absolute atomic E-state index is 0. The Labute approximate surface area is 140 Å². The van der Waals surface area contributed by atoms with Crippen molar-refractivity contribution >= 4 is 33.8 Å². The summed E-state index contributed by atoms with van der Waals surface area (Å²) in [5, 5.41) is 0. The number of hydrogen-bond donors (Lipinski definition) is 0. The monoisotopic (exact) mass is 372 g/mol. The molecular weight excluding hydrogens is 328 g/mol. The van der Waals surface area contributed by atoms with E-state index in [9.17, 15) is 0 Å². The maximum atomic E-state index is 6.28. The van der Waals surface area contributed by atoms with Crippen LogP contribution in [-0.4, -0.2) is 33.8 Å². The van der Waals surface area contributed by atoms with Crippen LogP contribution >= 0.6 is 0 Å². The van der Waals surface area contributed by atoms with Crippen molar-refractivity contribution in [3.05, 3.63) is 0 Å². The summed E-state index contributed by atoms with van der Waals surface area (Å²) in [6.07, 6.45) is 0. The molecule has 0 N–H and O–H groups in total. The average Bonchev–Trinajstić information content (AvgIpc) is 1.94. The predicted molar refractivity (Wildman–Crippen MR) is 110 cm³/mol. The first-order valence-electron chi connectivity index (χ1n) is 7.22. The van der Waals surface area contributed by atoms with Crippen LogP contribution in [0.4, 0.5) is 0 Å². The molecule has 0 aromatic rings. The van der Waals surface area contributed by atoms with Crippen LogP contribution in [0.2, 0.25) is 65.5 Å². The van der Waals surface area contributed by atoms with E-state index in [1.807, 2.05) is 13.8 Å². The first-order chi connectivity index (χ1) is 8.12. The lowest BCUT2D eigenvalue weighted by Crippen LogP contribution is -2.55. The molecule has 0 rings (SSSR count). The lowest BCUT2D eigenvalue weighted by molar-refractivity contribution is 0.331. The molecule has 0 aromatic heterocycles. The molecular formula is C14H44O3Si4. The van der Waals surface area contributed by atoms with Crippen molar-refractivity contribution in [3.63, 3.8) is 0 Å². The molecule has 0 bridgehead atoms. The van der Waals surface area contributed by atoms with E-state index in [0.29, 0.717) is 0 Å². The minimum Gasteiger partial charge on any atom is -0.437 e. The van der Waals surface area contributed by atoms with E-state index < -0.39 is 33.8 Å². The molecule has 0 heterocycles. The van der Waals surface area contributed by atoms with Crippen molar-refractivity contribution < 1.29 is 12.3 Å². The van der Waals surface area contributed by atoms with Gasteiger partial charge in [0.2, 0.25) is 0 Å². The van der Waals surface area contributed by atoms with Crippen LogP contribution in [0.25, 0.3) is 0 Å². The molecule has 21 heavy (non-hydrogen) atoms. The number of rotatable bonds is 6. The third-order valence-corrected chi connectivity index (χ3v) is 14.4. The Kier molecular flexibility index (Phi) is 14.9. The molecule has 0 saturated heterocycles. The van der Waals surface area contributed by atoms with E-state index >= 15 is 0 Å². The second-order valence-electron chi connectivity index (χ2n) is 7.33. The van der Waals surface area contributed by atoms with E-state index in [4.69, 9.17) is 12.3 Å². The quantitative estimate of drug-likeness (QED) is 0.504. The molecule has 0 radical (unpaired) electrons. The van der Waals surface area contributed by atoms with Gasteiger partial charge in [0.15, 0.2) is 16.6 Å². The van der Waals surface area contributed by atoms with E-state index in [-0.39, 0.29) is 14.9 Å². The highest BCUT2D eigenvalue weighted by Crippen LogP contribution is 2.23. The molecule has 0 saturated carbocycles. The van der Waals surface area contributed by atoms with E-state index in [0.717, 1.165) is 0 Å². The maximum absolute atomic E-state index is 6.28. The van der Waals surface area contributed by atoms with Gasteiger partial charge in [0.25, 0.3) is 0 Å². The molecule has 0 aliphatic heterocycles. The fraction of sp³-hybridized carbons (Fsp3) is 1.00. The molecule has 0 spiro atoms. The standard InChI is InChI=1S/C10H30O3Si4.C2H6.2CH4/c1-14(2,3)11-16(7,8)13-17(9,10)12-15(4,5)6;1-2;;/h1-10H3;1-2H3;2*1H4. The van der Waals surface area contributed by atoms with Gasteiger partial charge in [0.1, 0.15) is 0 Å². The fourth-order valence-electron chi connectivity index (χ4n) is 2.11. The van der Waals surface area contributed by atoms with E-state index in [1.165, 1.54) is 0 Å². The Balaban J connectivity index is -0.000000344. The van der Waals surface area contributed by atoms with Gasteiger partial charge in [0.05, 0.1) is 0 Å². The summed E-state index contributed by atoms with van der Waals surface area (Å²) in [6, 6.07) is 0. The number of hydrogen-bond acceptors (Lipinski definition) is 3.